The maximum absolute atomic E-state index is 13.2. The number of anilines is 1. The third-order valence-electron chi connectivity index (χ3n) is 5.93. The largest absolute Gasteiger partial charge is 0.477 e. The number of primary amides is 1. The summed E-state index contributed by atoms with van der Waals surface area (Å²) >= 11 is 4.15. The van der Waals surface area contributed by atoms with Gasteiger partial charge in [0.1, 0.15) is 34.5 Å². The number of pyridine rings is 1. The van der Waals surface area contributed by atoms with Crippen LogP contribution in [0.1, 0.15) is 16.1 Å². The summed E-state index contributed by atoms with van der Waals surface area (Å²) in [6.07, 6.45) is 3.08. The molecule has 5 rings (SSSR count). The Morgan fingerprint density at radius 2 is 2.13 bits per heavy atom. The summed E-state index contributed by atoms with van der Waals surface area (Å²) in [6.45, 7) is 0.141. The smallest absolute Gasteiger partial charge is 0.352 e. The van der Waals surface area contributed by atoms with Gasteiger partial charge in [-0.15, -0.1) is 23.1 Å². The highest BCUT2D eigenvalue weighted by molar-refractivity contribution is 8.00. The molecule has 13 nitrogen and oxygen atoms in total. The van der Waals surface area contributed by atoms with Gasteiger partial charge in [0.25, 0.3) is 17.7 Å². The molecule has 3 aliphatic heterocycles. The summed E-state index contributed by atoms with van der Waals surface area (Å²) in [5.41, 5.74) is 11.8. The molecule has 2 aromatic heterocycles. The summed E-state index contributed by atoms with van der Waals surface area (Å²) in [7, 11) is 0. The minimum absolute atomic E-state index is 0.109. The summed E-state index contributed by atoms with van der Waals surface area (Å²) in [4.78, 5) is 60.7. The van der Waals surface area contributed by atoms with E-state index < -0.39 is 35.1 Å². The van der Waals surface area contributed by atoms with Crippen LogP contribution in [0.2, 0.25) is 0 Å². The van der Waals surface area contributed by atoms with Gasteiger partial charge in [-0.2, -0.15) is 11.8 Å². The van der Waals surface area contributed by atoms with Gasteiger partial charge in [0.2, 0.25) is 0 Å². The number of thiazole rings is 1. The number of carbonyl (C=O) groups excluding carboxylic acids is 3. The van der Waals surface area contributed by atoms with Gasteiger partial charge in [0.15, 0.2) is 29.8 Å². The van der Waals surface area contributed by atoms with E-state index in [1.165, 1.54) is 22.9 Å². The molecule has 1 unspecified atom stereocenters. The lowest BCUT2D eigenvalue weighted by Crippen LogP contribution is -2.71. The first-order chi connectivity index (χ1) is 18.2. The van der Waals surface area contributed by atoms with Crippen molar-refractivity contribution in [1.29, 1.82) is 0 Å². The Labute approximate surface area is 228 Å². The van der Waals surface area contributed by atoms with Crippen LogP contribution in [-0.2, 0) is 25.8 Å². The topological polar surface area (TPSA) is 194 Å². The van der Waals surface area contributed by atoms with Crippen LogP contribution in [-0.4, -0.2) is 79.2 Å². The molecule has 38 heavy (non-hydrogen) atoms. The van der Waals surface area contributed by atoms with Gasteiger partial charge in [-0.25, -0.2) is 14.3 Å². The molecule has 2 aromatic rings. The number of rotatable bonds is 9. The molecule has 198 valence electrons. The molecule has 3 amide bonds. The van der Waals surface area contributed by atoms with Crippen LogP contribution in [0, 0.1) is 0 Å². The number of fused-ring (bicyclic) bond motifs is 1. The number of nitrogen functional groups attached to an aromatic ring is 1. The van der Waals surface area contributed by atoms with Gasteiger partial charge in [-0.3, -0.25) is 19.3 Å². The van der Waals surface area contributed by atoms with E-state index in [9.17, 15) is 24.3 Å². The van der Waals surface area contributed by atoms with Gasteiger partial charge >= 0.3 is 5.97 Å². The van der Waals surface area contributed by atoms with Gasteiger partial charge in [-0.05, 0) is 6.07 Å². The van der Waals surface area contributed by atoms with Crippen molar-refractivity contribution < 1.29 is 33.7 Å². The number of β-lactam (4-membered cyclic amide) rings is 1. The number of hydrogen-bond donors (Lipinski definition) is 4. The Bertz CT molecular complexity index is 1390. The van der Waals surface area contributed by atoms with Crippen molar-refractivity contribution in [3.63, 3.8) is 0 Å². The Kier molecular flexibility index (Phi) is 7.27. The second kappa shape index (κ2) is 10.6. The first kappa shape index (κ1) is 26.0. The number of hydrogen-bond acceptors (Lipinski definition) is 11. The molecule has 0 bridgehead atoms. The number of aliphatic carboxylic acids is 1. The first-order valence-corrected chi connectivity index (χ1v) is 14.3. The maximum atomic E-state index is 13.2. The van der Waals surface area contributed by atoms with Crippen molar-refractivity contribution >= 4 is 69.4 Å². The molecule has 16 heteroatoms. The van der Waals surface area contributed by atoms with Gasteiger partial charge in [0.05, 0.1) is 0 Å². The zero-order valence-corrected chi connectivity index (χ0v) is 22.1. The lowest BCUT2D eigenvalue weighted by atomic mass is 10.0. The van der Waals surface area contributed by atoms with Crippen LogP contribution in [0.3, 0.4) is 0 Å². The molecular weight excluding hydrogens is 554 g/mol. The number of nitrogens with one attached hydrogen (secondary N) is 1. The molecular formula is C22H22N7O6S3+. The summed E-state index contributed by atoms with van der Waals surface area (Å²) < 4.78 is 1.63. The third-order valence-corrected chi connectivity index (χ3v) is 9.16. The standard InChI is InChI=1S/C22H21N7O6S3/c23-17(30)10-2-1-3-28(4-10)5-11-6-37-20-15(19(32)29(20)16(11)21(33)34)26-18(31)14(13-9-38-22(24)25-13)27-35-12-7-36-8-12/h1-4,9,12,15,20H,5-8H2,(H5-,23,24,25,26,30,31,33,34)/p+1/b27-14+/t15?,20-/m1/s1. The Morgan fingerprint density at radius 1 is 1.34 bits per heavy atom. The monoisotopic (exact) mass is 576 g/mol. The summed E-state index contributed by atoms with van der Waals surface area (Å²) in [6, 6.07) is 2.22. The predicted molar refractivity (Wildman–Crippen MR) is 140 cm³/mol. The first-order valence-electron chi connectivity index (χ1n) is 11.3. The average Bonchev–Trinajstić information content (AvgIpc) is 3.29. The number of amides is 3. The van der Waals surface area contributed by atoms with Crippen molar-refractivity contribution in [2.75, 3.05) is 23.0 Å². The van der Waals surface area contributed by atoms with Crippen LogP contribution in [0.5, 0.6) is 0 Å². The van der Waals surface area contributed by atoms with E-state index in [-0.39, 0.29) is 40.4 Å². The van der Waals surface area contributed by atoms with Crippen molar-refractivity contribution in [3.05, 3.63) is 52.4 Å². The molecule has 5 heterocycles. The molecule has 2 atom stereocenters. The van der Waals surface area contributed by atoms with E-state index in [1.807, 2.05) is 0 Å². The number of oxime groups is 1. The van der Waals surface area contributed by atoms with E-state index >= 15 is 0 Å². The zero-order valence-electron chi connectivity index (χ0n) is 19.6. The molecule has 2 fully saturated rings. The van der Waals surface area contributed by atoms with Crippen molar-refractivity contribution in [2.45, 2.75) is 24.1 Å². The number of carboxylic acids is 1. The molecule has 0 aromatic carbocycles. The highest BCUT2D eigenvalue weighted by Gasteiger charge is 2.54. The number of carbonyl (C=O) groups is 4. The second-order valence-corrected chi connectivity index (χ2v) is 11.6. The Morgan fingerprint density at radius 3 is 2.76 bits per heavy atom. The van der Waals surface area contributed by atoms with Crippen molar-refractivity contribution in [1.82, 2.24) is 15.2 Å². The number of aromatic nitrogens is 2. The highest BCUT2D eigenvalue weighted by Crippen LogP contribution is 2.40. The maximum Gasteiger partial charge on any atom is 0.352 e. The van der Waals surface area contributed by atoms with E-state index in [0.717, 1.165) is 22.8 Å². The highest BCUT2D eigenvalue weighted by atomic mass is 32.2. The molecule has 0 aliphatic carbocycles. The average molecular weight is 577 g/mol. The fraction of sp³-hybridized carbons (Fsp3) is 0.318. The number of nitrogens with two attached hydrogens (primary N) is 2. The fourth-order valence-corrected chi connectivity index (χ4v) is 6.44. The Balaban J connectivity index is 1.34. The number of nitrogens with zero attached hydrogens (tertiary/aromatic N) is 4. The minimum atomic E-state index is -1.26. The van der Waals surface area contributed by atoms with Crippen molar-refractivity contribution in [3.8, 4) is 0 Å². The minimum Gasteiger partial charge on any atom is -0.477 e. The fourth-order valence-electron chi connectivity index (χ4n) is 4.00. The van der Waals surface area contributed by atoms with Crippen LogP contribution < -0.4 is 21.4 Å². The molecule has 3 aliphatic rings. The second-order valence-electron chi connectivity index (χ2n) is 8.52. The van der Waals surface area contributed by atoms with Crippen LogP contribution in [0.25, 0.3) is 0 Å². The van der Waals surface area contributed by atoms with E-state index in [0.29, 0.717) is 11.3 Å². The number of carboxylic acid groups (broad SMARTS) is 1. The van der Waals surface area contributed by atoms with Gasteiger partial charge in [-0.1, -0.05) is 5.16 Å². The molecule has 0 spiro atoms. The lowest BCUT2D eigenvalue weighted by molar-refractivity contribution is -0.689. The number of thioether (sulfide) groups is 2. The predicted octanol–water partition coefficient (Wildman–Crippen LogP) is -0.613. The lowest BCUT2D eigenvalue weighted by Gasteiger charge is -2.49. The summed E-state index contributed by atoms with van der Waals surface area (Å²) in [5.74, 6) is -1.30. The third kappa shape index (κ3) is 5.06. The Hall–Kier alpha value is -3.63. The van der Waals surface area contributed by atoms with Gasteiger partial charge < -0.3 is 26.7 Å². The molecule has 2 saturated heterocycles. The zero-order chi connectivity index (χ0) is 27.0. The van der Waals surface area contributed by atoms with Crippen LogP contribution in [0.4, 0.5) is 5.13 Å². The van der Waals surface area contributed by atoms with Crippen LogP contribution >= 0.6 is 34.9 Å². The van der Waals surface area contributed by atoms with E-state index in [1.54, 1.807) is 40.0 Å². The quantitative estimate of drug-likeness (QED) is 0.129. The summed E-state index contributed by atoms with van der Waals surface area (Å²) in [5, 5.41) is 17.8. The van der Waals surface area contributed by atoms with Gasteiger partial charge in [0, 0.05) is 34.3 Å². The normalized spacial score (nSPS) is 21.3. The molecule has 6 N–H and O–H groups in total. The van der Waals surface area contributed by atoms with Crippen LogP contribution in [0.15, 0.2) is 46.3 Å². The SMILES string of the molecule is NC(=O)c1ccc[n+](CC2=C(C(=O)O)N3C(=O)C(NC(=O)/C(=N/OC4CSC4)c4csc(N)n4)[C@H]3SC2)c1. The molecule has 0 saturated carbocycles. The van der Waals surface area contributed by atoms with E-state index in [4.69, 9.17) is 16.3 Å². The van der Waals surface area contributed by atoms with E-state index in [2.05, 4.69) is 15.5 Å². The molecule has 0 radical (unpaired) electrons. The van der Waals surface area contributed by atoms with Crippen molar-refractivity contribution in [2.24, 2.45) is 10.9 Å².